The van der Waals surface area contributed by atoms with Crippen molar-refractivity contribution in [2.75, 3.05) is 0 Å². The van der Waals surface area contributed by atoms with E-state index in [1.807, 2.05) is 0 Å². The molecule has 0 aromatic carbocycles. The quantitative estimate of drug-likeness (QED) is 0.929. The molecule has 0 bridgehead atoms. The van der Waals surface area contributed by atoms with Crippen molar-refractivity contribution in [2.45, 2.75) is 32.0 Å². The van der Waals surface area contributed by atoms with Crippen LogP contribution in [-0.2, 0) is 13.0 Å². The number of alkyl halides is 3. The number of nitrogens with zero attached hydrogens (tertiary/aromatic N) is 4. The van der Waals surface area contributed by atoms with Crippen molar-refractivity contribution in [1.82, 2.24) is 24.7 Å². The van der Waals surface area contributed by atoms with Gasteiger partial charge in [0.2, 0.25) is 0 Å². The first kappa shape index (κ1) is 13.8. The SMILES string of the molecule is O=c1[nH]cncc1-c1nc(CC2CC2)nn1CC(F)(F)F. The normalized spacial score (nSPS) is 15.4. The lowest BCUT2D eigenvalue weighted by Gasteiger charge is -2.08. The molecule has 112 valence electrons. The predicted molar refractivity (Wildman–Crippen MR) is 66.4 cm³/mol. The number of H-pyrrole nitrogens is 1. The molecule has 0 unspecified atom stereocenters. The Labute approximate surface area is 117 Å². The third kappa shape index (κ3) is 3.29. The summed E-state index contributed by atoms with van der Waals surface area (Å²) in [7, 11) is 0. The maximum atomic E-state index is 12.6. The molecule has 0 radical (unpaired) electrons. The second-order valence-electron chi connectivity index (χ2n) is 5.07. The van der Waals surface area contributed by atoms with Crippen LogP contribution in [0.25, 0.3) is 11.4 Å². The largest absolute Gasteiger partial charge is 0.408 e. The molecule has 21 heavy (non-hydrogen) atoms. The molecule has 3 rings (SSSR count). The molecule has 1 fully saturated rings. The molecule has 0 amide bonds. The molecule has 0 spiro atoms. The van der Waals surface area contributed by atoms with Crippen LogP contribution in [0, 0.1) is 5.92 Å². The molecule has 9 heteroatoms. The Morgan fingerprint density at radius 1 is 1.38 bits per heavy atom. The van der Waals surface area contributed by atoms with Crippen LogP contribution in [0.5, 0.6) is 0 Å². The second kappa shape index (κ2) is 4.97. The summed E-state index contributed by atoms with van der Waals surface area (Å²) in [5.74, 6) is 0.670. The number of nitrogens with one attached hydrogen (secondary N) is 1. The summed E-state index contributed by atoms with van der Waals surface area (Å²) in [6, 6.07) is 0. The van der Waals surface area contributed by atoms with Gasteiger partial charge in [-0.1, -0.05) is 0 Å². The third-order valence-electron chi connectivity index (χ3n) is 3.17. The van der Waals surface area contributed by atoms with E-state index in [4.69, 9.17) is 0 Å². The predicted octanol–water partition coefficient (Wildman–Crippen LogP) is 1.54. The third-order valence-corrected chi connectivity index (χ3v) is 3.17. The molecule has 1 saturated carbocycles. The smallest absolute Gasteiger partial charge is 0.313 e. The minimum atomic E-state index is -4.44. The Morgan fingerprint density at radius 2 is 2.14 bits per heavy atom. The van der Waals surface area contributed by atoms with Crippen LogP contribution in [0.3, 0.4) is 0 Å². The van der Waals surface area contributed by atoms with E-state index in [1.165, 1.54) is 12.5 Å². The van der Waals surface area contributed by atoms with Gasteiger partial charge in [0.05, 0.1) is 6.33 Å². The lowest BCUT2D eigenvalue weighted by molar-refractivity contribution is -0.142. The molecule has 1 aliphatic rings. The molecular weight excluding hydrogens is 287 g/mol. The van der Waals surface area contributed by atoms with Gasteiger partial charge in [-0.2, -0.15) is 18.3 Å². The van der Waals surface area contributed by atoms with Crippen molar-refractivity contribution in [3.63, 3.8) is 0 Å². The number of halogens is 3. The minimum Gasteiger partial charge on any atom is -0.313 e. The van der Waals surface area contributed by atoms with Crippen LogP contribution in [0.2, 0.25) is 0 Å². The van der Waals surface area contributed by atoms with E-state index < -0.39 is 18.3 Å². The van der Waals surface area contributed by atoms with Crippen molar-refractivity contribution < 1.29 is 13.2 Å². The van der Waals surface area contributed by atoms with Crippen LogP contribution in [0.1, 0.15) is 18.7 Å². The van der Waals surface area contributed by atoms with Crippen LogP contribution in [0.15, 0.2) is 17.3 Å². The highest BCUT2D eigenvalue weighted by Crippen LogP contribution is 2.32. The van der Waals surface area contributed by atoms with E-state index in [0.29, 0.717) is 18.2 Å². The van der Waals surface area contributed by atoms with Gasteiger partial charge in [-0.15, -0.1) is 0 Å². The molecule has 1 N–H and O–H groups in total. The van der Waals surface area contributed by atoms with E-state index in [9.17, 15) is 18.0 Å². The summed E-state index contributed by atoms with van der Waals surface area (Å²) in [5, 5.41) is 3.90. The molecule has 0 saturated heterocycles. The number of aromatic nitrogens is 5. The summed E-state index contributed by atoms with van der Waals surface area (Å²) in [6.07, 6.45) is 0.537. The number of aromatic amines is 1. The average Bonchev–Trinajstić information content (AvgIpc) is 3.10. The average molecular weight is 299 g/mol. The molecule has 0 atom stereocenters. The highest BCUT2D eigenvalue weighted by molar-refractivity contribution is 5.51. The number of hydrogen-bond donors (Lipinski definition) is 1. The summed E-state index contributed by atoms with van der Waals surface area (Å²) in [4.78, 5) is 21.9. The van der Waals surface area contributed by atoms with Gasteiger partial charge in [0, 0.05) is 12.6 Å². The highest BCUT2D eigenvalue weighted by atomic mass is 19.4. The van der Waals surface area contributed by atoms with Crippen LogP contribution in [0.4, 0.5) is 13.2 Å². The van der Waals surface area contributed by atoms with Crippen LogP contribution < -0.4 is 5.56 Å². The van der Waals surface area contributed by atoms with Gasteiger partial charge >= 0.3 is 6.18 Å². The van der Waals surface area contributed by atoms with Gasteiger partial charge in [-0.3, -0.25) is 4.79 Å². The zero-order chi connectivity index (χ0) is 15.0. The van der Waals surface area contributed by atoms with Gasteiger partial charge in [-0.05, 0) is 18.8 Å². The lowest BCUT2D eigenvalue weighted by Crippen LogP contribution is -2.21. The van der Waals surface area contributed by atoms with Gasteiger partial charge in [0.25, 0.3) is 5.56 Å². The summed E-state index contributed by atoms with van der Waals surface area (Å²) in [6.45, 7) is -1.28. The number of hydrogen-bond acceptors (Lipinski definition) is 4. The first-order chi connectivity index (χ1) is 9.92. The van der Waals surface area contributed by atoms with Crippen molar-refractivity contribution in [2.24, 2.45) is 5.92 Å². The molecule has 1 aliphatic carbocycles. The Morgan fingerprint density at radius 3 is 2.76 bits per heavy atom. The van der Waals surface area contributed by atoms with E-state index in [1.54, 1.807) is 0 Å². The fraction of sp³-hybridized carbons (Fsp3) is 0.500. The monoisotopic (exact) mass is 299 g/mol. The summed E-state index contributed by atoms with van der Waals surface area (Å²) < 4.78 is 38.6. The molecule has 0 aliphatic heterocycles. The summed E-state index contributed by atoms with van der Waals surface area (Å²) >= 11 is 0. The Bertz CT molecular complexity index is 701. The first-order valence-corrected chi connectivity index (χ1v) is 6.46. The topological polar surface area (TPSA) is 76.5 Å². The highest BCUT2D eigenvalue weighted by Gasteiger charge is 2.32. The first-order valence-electron chi connectivity index (χ1n) is 6.46. The van der Waals surface area contributed by atoms with E-state index in [0.717, 1.165) is 17.5 Å². The second-order valence-corrected chi connectivity index (χ2v) is 5.07. The van der Waals surface area contributed by atoms with Crippen molar-refractivity contribution in [3.8, 4) is 11.4 Å². The maximum absolute atomic E-state index is 12.6. The van der Waals surface area contributed by atoms with Crippen molar-refractivity contribution >= 4 is 0 Å². The zero-order valence-electron chi connectivity index (χ0n) is 10.9. The summed E-state index contributed by atoms with van der Waals surface area (Å²) in [5.41, 5.74) is -0.560. The van der Waals surface area contributed by atoms with Crippen molar-refractivity contribution in [3.05, 3.63) is 28.7 Å². The zero-order valence-corrected chi connectivity index (χ0v) is 10.9. The maximum Gasteiger partial charge on any atom is 0.408 e. The Hall–Kier alpha value is -2.19. The van der Waals surface area contributed by atoms with E-state index >= 15 is 0 Å². The Balaban J connectivity index is 2.01. The van der Waals surface area contributed by atoms with Gasteiger partial charge in [0.1, 0.15) is 12.1 Å². The minimum absolute atomic E-state index is 0.0173. The Kier molecular flexibility index (Phi) is 3.26. The fourth-order valence-electron chi connectivity index (χ4n) is 2.04. The molecular formula is C12H12F3N5O. The fourth-order valence-corrected chi connectivity index (χ4v) is 2.04. The van der Waals surface area contributed by atoms with Gasteiger partial charge < -0.3 is 4.98 Å². The van der Waals surface area contributed by atoms with Gasteiger partial charge in [0.15, 0.2) is 11.6 Å². The van der Waals surface area contributed by atoms with Crippen LogP contribution >= 0.6 is 0 Å². The van der Waals surface area contributed by atoms with Crippen LogP contribution in [-0.4, -0.2) is 30.9 Å². The standard InChI is InChI=1S/C12H12F3N5O/c13-12(14,15)5-20-10(8-4-16-6-17-11(8)21)18-9(19-20)3-7-1-2-7/h4,6-7H,1-3,5H2,(H,16,17,21). The van der Waals surface area contributed by atoms with E-state index in [-0.39, 0.29) is 11.4 Å². The molecule has 2 aromatic rings. The van der Waals surface area contributed by atoms with Crippen molar-refractivity contribution in [1.29, 1.82) is 0 Å². The van der Waals surface area contributed by atoms with Gasteiger partial charge in [-0.25, -0.2) is 14.6 Å². The lowest BCUT2D eigenvalue weighted by atomic mass is 10.3. The molecule has 2 aromatic heterocycles. The molecule has 6 nitrogen and oxygen atoms in total. The van der Waals surface area contributed by atoms with E-state index in [2.05, 4.69) is 20.1 Å². The molecule has 2 heterocycles. The number of rotatable bonds is 4.